The van der Waals surface area contributed by atoms with Crippen LogP contribution >= 0.6 is 0 Å². The van der Waals surface area contributed by atoms with E-state index in [0.29, 0.717) is 12.1 Å². The van der Waals surface area contributed by atoms with Gasteiger partial charge in [0.25, 0.3) is 11.5 Å². The van der Waals surface area contributed by atoms with E-state index in [1.165, 1.54) is 0 Å². The van der Waals surface area contributed by atoms with Crippen LogP contribution in [0.25, 0.3) is 0 Å². The van der Waals surface area contributed by atoms with Crippen molar-refractivity contribution in [1.82, 2.24) is 14.9 Å². The molecular weight excluding hydrogens is 314 g/mol. The Kier molecular flexibility index (Phi) is 4.38. The number of aromatic nitrogens is 2. The molecule has 1 saturated heterocycles. The molecule has 130 valence electrons. The summed E-state index contributed by atoms with van der Waals surface area (Å²) in [5.41, 5.74) is 3.27. The fraction of sp³-hybridized carbons (Fsp3) is 0.450. The van der Waals surface area contributed by atoms with Crippen molar-refractivity contribution in [2.24, 2.45) is 0 Å². The number of H-pyrrole nitrogens is 1. The molecule has 5 heteroatoms. The van der Waals surface area contributed by atoms with Crippen LogP contribution < -0.4 is 5.56 Å². The van der Waals surface area contributed by atoms with Crippen LogP contribution in [0.2, 0.25) is 0 Å². The number of fused-ring (bicyclic) bond motifs is 1. The number of hydrogen-bond donors (Lipinski definition) is 1. The summed E-state index contributed by atoms with van der Waals surface area (Å²) in [5, 5.41) is 0. The van der Waals surface area contributed by atoms with Crippen LogP contribution in [0.5, 0.6) is 0 Å². The van der Waals surface area contributed by atoms with E-state index in [0.717, 1.165) is 61.8 Å². The van der Waals surface area contributed by atoms with Gasteiger partial charge >= 0.3 is 0 Å². The van der Waals surface area contributed by atoms with Gasteiger partial charge in [0.2, 0.25) is 0 Å². The molecule has 25 heavy (non-hydrogen) atoms. The fourth-order valence-corrected chi connectivity index (χ4v) is 4.11. The number of nitrogens with zero attached hydrogens (tertiary/aromatic N) is 2. The summed E-state index contributed by atoms with van der Waals surface area (Å²) in [6, 6.07) is 5.80. The lowest BCUT2D eigenvalue weighted by Gasteiger charge is -2.30. The van der Waals surface area contributed by atoms with E-state index in [1.807, 2.05) is 23.1 Å². The molecule has 0 bridgehead atoms. The Morgan fingerprint density at radius 2 is 1.96 bits per heavy atom. The maximum absolute atomic E-state index is 13.2. The third-order valence-electron chi connectivity index (χ3n) is 5.42. The minimum atomic E-state index is -0.247. The Morgan fingerprint density at radius 3 is 2.80 bits per heavy atom. The van der Waals surface area contributed by atoms with Crippen LogP contribution in [0.15, 0.2) is 35.4 Å². The molecule has 2 aromatic rings. The lowest BCUT2D eigenvalue weighted by Crippen LogP contribution is -2.38. The maximum atomic E-state index is 13.2. The highest BCUT2D eigenvalue weighted by Gasteiger charge is 2.29. The molecule has 0 aromatic carbocycles. The average molecular weight is 337 g/mol. The summed E-state index contributed by atoms with van der Waals surface area (Å²) in [4.78, 5) is 34.6. The van der Waals surface area contributed by atoms with Gasteiger partial charge in [0.1, 0.15) is 5.56 Å². The number of pyridine rings is 2. The molecule has 1 amide bonds. The zero-order valence-electron chi connectivity index (χ0n) is 14.3. The largest absolute Gasteiger partial charge is 0.331 e. The van der Waals surface area contributed by atoms with E-state index in [2.05, 4.69) is 9.97 Å². The molecule has 2 aromatic heterocycles. The van der Waals surface area contributed by atoms with E-state index < -0.39 is 0 Å². The van der Waals surface area contributed by atoms with Crippen molar-refractivity contribution < 1.29 is 4.79 Å². The van der Waals surface area contributed by atoms with Crippen molar-refractivity contribution in [3.8, 4) is 0 Å². The number of amides is 1. The lowest BCUT2D eigenvalue weighted by atomic mass is 10.0. The van der Waals surface area contributed by atoms with Crippen LogP contribution in [0.3, 0.4) is 0 Å². The summed E-state index contributed by atoms with van der Waals surface area (Å²) < 4.78 is 0. The Labute approximate surface area is 147 Å². The number of nitrogens with one attached hydrogen (secondary N) is 1. The second kappa shape index (κ2) is 6.82. The van der Waals surface area contributed by atoms with Crippen LogP contribution in [-0.4, -0.2) is 27.3 Å². The Bertz CT molecular complexity index is 829. The van der Waals surface area contributed by atoms with Crippen molar-refractivity contribution >= 4 is 5.91 Å². The standard InChI is InChI=1S/C20H23N3O2/c24-19-16(13-15-5-4-6-17(15)22-19)20(25)23-12-3-1-2-7-18(23)14-8-10-21-11-9-14/h8-11,13,18H,1-7,12H2,(H,22,24)/t18-/m1/s1. The van der Waals surface area contributed by atoms with Gasteiger partial charge in [0.05, 0.1) is 6.04 Å². The van der Waals surface area contributed by atoms with E-state index in [4.69, 9.17) is 0 Å². The number of aromatic amines is 1. The first-order valence-corrected chi connectivity index (χ1v) is 9.20. The molecule has 1 atom stereocenters. The summed E-state index contributed by atoms with van der Waals surface area (Å²) in [6.45, 7) is 0.697. The molecule has 0 unspecified atom stereocenters. The molecular formula is C20H23N3O2. The van der Waals surface area contributed by atoms with Gasteiger partial charge in [-0.05, 0) is 61.4 Å². The topological polar surface area (TPSA) is 66.1 Å². The number of rotatable bonds is 2. The van der Waals surface area contributed by atoms with Crippen LogP contribution in [0.1, 0.15) is 65.3 Å². The summed E-state index contributed by atoms with van der Waals surface area (Å²) in [5.74, 6) is -0.139. The minimum absolute atomic E-state index is 0.0191. The summed E-state index contributed by atoms with van der Waals surface area (Å²) >= 11 is 0. The van der Waals surface area contributed by atoms with Gasteiger partial charge in [-0.15, -0.1) is 0 Å². The van der Waals surface area contributed by atoms with Gasteiger partial charge in [0, 0.05) is 24.6 Å². The molecule has 2 aliphatic rings. The molecule has 1 aliphatic carbocycles. The van der Waals surface area contributed by atoms with Gasteiger partial charge in [-0.3, -0.25) is 14.6 Å². The first kappa shape index (κ1) is 16.1. The first-order chi connectivity index (χ1) is 12.2. The Morgan fingerprint density at radius 1 is 1.12 bits per heavy atom. The number of hydrogen-bond acceptors (Lipinski definition) is 3. The van der Waals surface area contributed by atoms with Crippen LogP contribution in [-0.2, 0) is 12.8 Å². The molecule has 0 radical (unpaired) electrons. The number of carbonyl (C=O) groups excluding carboxylic acids is 1. The predicted octanol–water partition coefficient (Wildman–Crippen LogP) is 3.02. The molecule has 5 nitrogen and oxygen atoms in total. The van der Waals surface area contributed by atoms with Crippen molar-refractivity contribution in [1.29, 1.82) is 0 Å². The Hall–Kier alpha value is -2.43. The van der Waals surface area contributed by atoms with E-state index in [1.54, 1.807) is 12.4 Å². The number of carbonyl (C=O) groups is 1. The second-order valence-corrected chi connectivity index (χ2v) is 7.01. The second-order valence-electron chi connectivity index (χ2n) is 7.01. The van der Waals surface area contributed by atoms with Crippen molar-refractivity contribution in [2.75, 3.05) is 6.54 Å². The highest BCUT2D eigenvalue weighted by Crippen LogP contribution is 2.31. The third-order valence-corrected chi connectivity index (χ3v) is 5.42. The van der Waals surface area contributed by atoms with Crippen molar-refractivity contribution in [3.63, 3.8) is 0 Å². The summed E-state index contributed by atoms with van der Waals surface area (Å²) in [7, 11) is 0. The van der Waals surface area contributed by atoms with Crippen molar-refractivity contribution in [3.05, 3.63) is 63.3 Å². The van der Waals surface area contributed by atoms with E-state index in [9.17, 15) is 9.59 Å². The zero-order chi connectivity index (χ0) is 17.2. The van der Waals surface area contributed by atoms with Gasteiger partial charge in [-0.1, -0.05) is 12.8 Å². The number of likely N-dealkylation sites (tertiary alicyclic amines) is 1. The molecule has 3 heterocycles. The van der Waals surface area contributed by atoms with Gasteiger partial charge in [0.15, 0.2) is 0 Å². The van der Waals surface area contributed by atoms with Crippen molar-refractivity contribution in [2.45, 2.75) is 51.0 Å². The molecule has 1 N–H and O–H groups in total. The number of aryl methyl sites for hydroxylation is 2. The van der Waals surface area contributed by atoms with Gasteiger partial charge in [-0.25, -0.2) is 0 Å². The molecule has 4 rings (SSSR count). The first-order valence-electron chi connectivity index (χ1n) is 9.20. The van der Waals surface area contributed by atoms with Crippen LogP contribution in [0.4, 0.5) is 0 Å². The zero-order valence-corrected chi connectivity index (χ0v) is 14.3. The normalized spacial score (nSPS) is 20.2. The highest BCUT2D eigenvalue weighted by atomic mass is 16.2. The molecule has 1 fully saturated rings. The van der Waals surface area contributed by atoms with E-state index in [-0.39, 0.29) is 17.5 Å². The molecule has 1 aliphatic heterocycles. The highest BCUT2D eigenvalue weighted by molar-refractivity contribution is 5.94. The smallest absolute Gasteiger partial charge is 0.261 e. The Balaban J connectivity index is 1.70. The molecule has 0 spiro atoms. The fourth-order valence-electron chi connectivity index (χ4n) is 4.11. The SMILES string of the molecule is O=C(c1cc2c([nH]c1=O)CCC2)N1CCCCC[C@@H]1c1ccncc1. The third kappa shape index (κ3) is 3.11. The monoisotopic (exact) mass is 337 g/mol. The van der Waals surface area contributed by atoms with Crippen LogP contribution in [0, 0.1) is 0 Å². The maximum Gasteiger partial charge on any atom is 0.261 e. The van der Waals surface area contributed by atoms with E-state index >= 15 is 0 Å². The lowest BCUT2D eigenvalue weighted by molar-refractivity contribution is 0.0679. The predicted molar refractivity (Wildman–Crippen MR) is 95.6 cm³/mol. The molecule has 0 saturated carbocycles. The summed E-state index contributed by atoms with van der Waals surface area (Å²) in [6.07, 6.45) is 10.6. The minimum Gasteiger partial charge on any atom is -0.331 e. The average Bonchev–Trinajstić information content (AvgIpc) is 2.94. The quantitative estimate of drug-likeness (QED) is 0.916. The van der Waals surface area contributed by atoms with Gasteiger partial charge in [-0.2, -0.15) is 0 Å². The van der Waals surface area contributed by atoms with Gasteiger partial charge < -0.3 is 9.88 Å².